The number of aromatic nitrogens is 2. The molecule has 0 saturated carbocycles. The average molecular weight is 528 g/mol. The van der Waals surface area contributed by atoms with E-state index in [2.05, 4.69) is 20.9 Å². The van der Waals surface area contributed by atoms with Gasteiger partial charge in [0.05, 0.1) is 27.1 Å². The van der Waals surface area contributed by atoms with Gasteiger partial charge in [0, 0.05) is 10.6 Å². The van der Waals surface area contributed by atoms with Crippen molar-refractivity contribution < 1.29 is 9.47 Å². The molecule has 160 valence electrons. The molecule has 0 aliphatic carbocycles. The molecule has 0 amide bonds. The highest BCUT2D eigenvalue weighted by molar-refractivity contribution is 9.10. The number of halogens is 2. The molecule has 2 heterocycles. The molecule has 5 rings (SSSR count). The standard InChI is InChI=1S/C24H16BrClN2O3S/c1-30-20-11-14(10-16(25)22(20)31-13-15-6-2-3-7-17(15)26)12-21-23(29)28-19-9-5-4-8-18(19)27-24(28)32-21/h2-12H,13H2,1H3/b21-12-. The Labute approximate surface area is 200 Å². The van der Waals surface area contributed by atoms with Crippen LogP contribution in [0.25, 0.3) is 22.1 Å². The molecular weight excluding hydrogens is 512 g/mol. The van der Waals surface area contributed by atoms with Crippen molar-refractivity contribution in [2.24, 2.45) is 0 Å². The Bertz CT molecular complexity index is 1580. The summed E-state index contributed by atoms with van der Waals surface area (Å²) in [4.78, 5) is 18.3. The fourth-order valence-electron chi connectivity index (χ4n) is 3.49. The predicted molar refractivity (Wildman–Crippen MR) is 132 cm³/mol. The third-order valence-corrected chi connectivity index (χ3v) is 6.95. The molecule has 0 N–H and O–H groups in total. The monoisotopic (exact) mass is 526 g/mol. The molecule has 0 aliphatic heterocycles. The number of methoxy groups -OCH3 is 1. The smallest absolute Gasteiger partial charge is 0.274 e. The first-order chi connectivity index (χ1) is 15.5. The van der Waals surface area contributed by atoms with E-state index in [1.54, 1.807) is 11.5 Å². The molecule has 2 aromatic heterocycles. The number of imidazole rings is 1. The van der Waals surface area contributed by atoms with Crippen LogP contribution in [0.2, 0.25) is 5.02 Å². The van der Waals surface area contributed by atoms with E-state index < -0.39 is 0 Å². The van der Waals surface area contributed by atoms with Crippen molar-refractivity contribution in [3.63, 3.8) is 0 Å². The summed E-state index contributed by atoms with van der Waals surface area (Å²) in [7, 11) is 1.58. The molecular formula is C24H16BrClN2O3S. The van der Waals surface area contributed by atoms with Crippen molar-refractivity contribution in [2.75, 3.05) is 7.11 Å². The number of fused-ring (bicyclic) bond motifs is 3. The summed E-state index contributed by atoms with van der Waals surface area (Å²) in [5.41, 5.74) is 3.22. The Balaban J connectivity index is 1.53. The predicted octanol–water partition coefficient (Wildman–Crippen LogP) is 5.46. The molecule has 3 aromatic carbocycles. The zero-order valence-electron chi connectivity index (χ0n) is 16.8. The molecule has 0 atom stereocenters. The van der Waals surface area contributed by atoms with Crippen LogP contribution in [0.15, 0.2) is 69.9 Å². The first kappa shape index (κ1) is 21.0. The number of hydrogen-bond acceptors (Lipinski definition) is 5. The van der Waals surface area contributed by atoms with Crippen molar-refractivity contribution in [3.05, 3.63) is 96.2 Å². The van der Waals surface area contributed by atoms with E-state index in [9.17, 15) is 4.79 Å². The van der Waals surface area contributed by atoms with Crippen LogP contribution in [-0.2, 0) is 6.61 Å². The lowest BCUT2D eigenvalue weighted by atomic mass is 10.2. The Hall–Kier alpha value is -2.87. The van der Waals surface area contributed by atoms with Gasteiger partial charge >= 0.3 is 0 Å². The van der Waals surface area contributed by atoms with Crippen LogP contribution in [0.1, 0.15) is 11.1 Å². The van der Waals surface area contributed by atoms with Gasteiger partial charge in [0.25, 0.3) is 5.56 Å². The first-order valence-corrected chi connectivity index (χ1v) is 11.7. The van der Waals surface area contributed by atoms with Crippen LogP contribution in [0.5, 0.6) is 11.5 Å². The topological polar surface area (TPSA) is 52.8 Å². The summed E-state index contributed by atoms with van der Waals surface area (Å²) in [5, 5.41) is 0.644. The van der Waals surface area contributed by atoms with E-state index in [-0.39, 0.29) is 5.56 Å². The van der Waals surface area contributed by atoms with Crippen LogP contribution in [0.4, 0.5) is 0 Å². The lowest BCUT2D eigenvalue weighted by molar-refractivity contribution is 0.282. The largest absolute Gasteiger partial charge is 0.493 e. The fourth-order valence-corrected chi connectivity index (χ4v) is 5.24. The SMILES string of the molecule is COc1cc(/C=c2\sc3nc4ccccc4n3c2=O)cc(Br)c1OCc1ccccc1Cl. The van der Waals surface area contributed by atoms with E-state index >= 15 is 0 Å². The van der Waals surface area contributed by atoms with Crippen molar-refractivity contribution in [3.8, 4) is 11.5 Å². The van der Waals surface area contributed by atoms with Gasteiger partial charge < -0.3 is 9.47 Å². The molecule has 32 heavy (non-hydrogen) atoms. The second kappa shape index (κ2) is 8.58. The van der Waals surface area contributed by atoms with Crippen molar-refractivity contribution in [1.82, 2.24) is 9.38 Å². The van der Waals surface area contributed by atoms with E-state index in [4.69, 9.17) is 21.1 Å². The normalized spacial score (nSPS) is 12.0. The molecule has 0 bridgehead atoms. The van der Waals surface area contributed by atoms with Gasteiger partial charge in [0.1, 0.15) is 6.61 Å². The van der Waals surface area contributed by atoms with Gasteiger partial charge in [-0.1, -0.05) is 53.3 Å². The number of rotatable bonds is 5. The highest BCUT2D eigenvalue weighted by atomic mass is 79.9. The van der Waals surface area contributed by atoms with Gasteiger partial charge in [-0.05, 0) is 57.9 Å². The van der Waals surface area contributed by atoms with Gasteiger partial charge in [-0.25, -0.2) is 9.38 Å². The molecule has 0 spiro atoms. The van der Waals surface area contributed by atoms with Crippen LogP contribution >= 0.6 is 38.9 Å². The number of benzene rings is 3. The Morgan fingerprint density at radius 1 is 1.16 bits per heavy atom. The van der Waals surface area contributed by atoms with Crippen LogP contribution < -0.4 is 19.6 Å². The van der Waals surface area contributed by atoms with Gasteiger partial charge in [-0.15, -0.1) is 0 Å². The summed E-state index contributed by atoms with van der Waals surface area (Å²) in [5.74, 6) is 1.12. The summed E-state index contributed by atoms with van der Waals surface area (Å²) < 4.78 is 14.5. The van der Waals surface area contributed by atoms with Gasteiger partial charge in [0.15, 0.2) is 16.5 Å². The lowest BCUT2D eigenvalue weighted by Crippen LogP contribution is -2.22. The molecule has 5 nitrogen and oxygen atoms in total. The fraction of sp³-hybridized carbons (Fsp3) is 0.0833. The molecule has 0 radical (unpaired) electrons. The maximum Gasteiger partial charge on any atom is 0.274 e. The van der Waals surface area contributed by atoms with Crippen molar-refractivity contribution in [1.29, 1.82) is 0 Å². The Kier molecular flexibility index (Phi) is 5.63. The minimum absolute atomic E-state index is 0.0900. The van der Waals surface area contributed by atoms with E-state index in [1.165, 1.54) is 11.3 Å². The highest BCUT2D eigenvalue weighted by Crippen LogP contribution is 2.37. The van der Waals surface area contributed by atoms with E-state index in [0.29, 0.717) is 32.6 Å². The summed E-state index contributed by atoms with van der Waals surface area (Å²) in [6.07, 6.45) is 1.83. The summed E-state index contributed by atoms with van der Waals surface area (Å²) >= 11 is 11.2. The minimum atomic E-state index is -0.0900. The summed E-state index contributed by atoms with van der Waals surface area (Å²) in [6, 6.07) is 18.9. The third-order valence-electron chi connectivity index (χ3n) is 5.02. The highest BCUT2D eigenvalue weighted by Gasteiger charge is 2.14. The Morgan fingerprint density at radius 2 is 1.94 bits per heavy atom. The number of para-hydroxylation sites is 2. The quantitative estimate of drug-likeness (QED) is 0.305. The van der Waals surface area contributed by atoms with Crippen LogP contribution in [0.3, 0.4) is 0 Å². The molecule has 0 unspecified atom stereocenters. The lowest BCUT2D eigenvalue weighted by Gasteiger charge is -2.14. The van der Waals surface area contributed by atoms with Crippen molar-refractivity contribution >= 4 is 60.9 Å². The molecule has 0 fully saturated rings. The zero-order valence-corrected chi connectivity index (χ0v) is 20.0. The summed E-state index contributed by atoms with van der Waals surface area (Å²) in [6.45, 7) is 0.303. The van der Waals surface area contributed by atoms with Gasteiger partial charge in [-0.3, -0.25) is 4.79 Å². The number of thiazole rings is 1. The van der Waals surface area contributed by atoms with E-state index in [1.807, 2.05) is 66.7 Å². The molecule has 0 aliphatic rings. The number of nitrogens with zero attached hydrogens (tertiary/aromatic N) is 2. The van der Waals surface area contributed by atoms with Crippen LogP contribution in [-0.4, -0.2) is 16.5 Å². The van der Waals surface area contributed by atoms with E-state index in [0.717, 1.165) is 26.6 Å². The maximum absolute atomic E-state index is 13.0. The minimum Gasteiger partial charge on any atom is -0.493 e. The first-order valence-electron chi connectivity index (χ1n) is 9.70. The number of hydrogen-bond donors (Lipinski definition) is 0. The second-order valence-electron chi connectivity index (χ2n) is 7.05. The van der Waals surface area contributed by atoms with Crippen LogP contribution in [0, 0.1) is 0 Å². The third kappa shape index (κ3) is 3.77. The number of ether oxygens (including phenoxy) is 2. The molecule has 8 heteroatoms. The van der Waals surface area contributed by atoms with Crippen molar-refractivity contribution in [2.45, 2.75) is 6.61 Å². The average Bonchev–Trinajstić information content (AvgIpc) is 3.30. The Morgan fingerprint density at radius 3 is 2.75 bits per heavy atom. The second-order valence-corrected chi connectivity index (χ2v) is 9.32. The van der Waals surface area contributed by atoms with Gasteiger partial charge in [0.2, 0.25) is 0 Å². The zero-order chi connectivity index (χ0) is 22.2. The molecule has 0 saturated heterocycles. The molecule has 5 aromatic rings. The van der Waals surface area contributed by atoms with Gasteiger partial charge in [-0.2, -0.15) is 0 Å². The maximum atomic E-state index is 13.0.